The molecule has 0 aromatic carbocycles. The van der Waals surface area contributed by atoms with Crippen molar-refractivity contribution in [2.45, 2.75) is 110 Å². The predicted octanol–water partition coefficient (Wildman–Crippen LogP) is 4.21. The van der Waals surface area contributed by atoms with Crippen LogP contribution in [-0.2, 0) is 0 Å². The lowest BCUT2D eigenvalue weighted by atomic mass is 9.77. The Morgan fingerprint density at radius 3 is 1.79 bits per heavy atom. The molecule has 2 aliphatic rings. The van der Waals surface area contributed by atoms with Gasteiger partial charge in [0.2, 0.25) is 11.9 Å². The Morgan fingerprint density at radius 1 is 0.788 bits per heavy atom. The Balaban J connectivity index is 1.87. The van der Waals surface area contributed by atoms with Crippen molar-refractivity contribution in [3.8, 4) is 0 Å². The Hall–Kier alpha value is -1.47. The molecule has 1 aromatic heterocycles. The van der Waals surface area contributed by atoms with Crippen molar-refractivity contribution >= 4 is 11.9 Å². The third-order valence-electron chi connectivity index (χ3n) is 8.57. The van der Waals surface area contributed by atoms with E-state index in [0.717, 1.165) is 49.9 Å². The average Bonchev–Trinajstić information content (AvgIpc) is 2.78. The van der Waals surface area contributed by atoms with E-state index in [1.807, 2.05) is 6.92 Å². The standard InChI is InChI=1S/C26H49N7/c1-18-13-20(14-24(3,4)17-30(18)9)31(10)22-27-19(2)28-23(29-22)32(11)21-15-25(5,6)33(12)26(7,8)16-21/h18,20-21H,13-17H2,1-12H3. The molecule has 1 aromatic rings. The van der Waals surface area contributed by atoms with Crippen molar-refractivity contribution in [3.63, 3.8) is 0 Å². The van der Waals surface area contributed by atoms with Crippen LogP contribution in [0.1, 0.15) is 80.0 Å². The van der Waals surface area contributed by atoms with Gasteiger partial charge in [0.25, 0.3) is 0 Å². The van der Waals surface area contributed by atoms with Gasteiger partial charge in [-0.25, -0.2) is 0 Å². The van der Waals surface area contributed by atoms with Gasteiger partial charge in [0, 0.05) is 49.8 Å². The van der Waals surface area contributed by atoms with Gasteiger partial charge in [0.1, 0.15) is 5.82 Å². The van der Waals surface area contributed by atoms with E-state index in [1.54, 1.807) is 0 Å². The quantitative estimate of drug-likeness (QED) is 0.668. The van der Waals surface area contributed by atoms with Crippen molar-refractivity contribution in [1.82, 2.24) is 24.8 Å². The van der Waals surface area contributed by atoms with Crippen LogP contribution < -0.4 is 9.80 Å². The van der Waals surface area contributed by atoms with Crippen molar-refractivity contribution < 1.29 is 0 Å². The summed E-state index contributed by atoms with van der Waals surface area (Å²) in [5.74, 6) is 2.38. The molecule has 2 atom stereocenters. The van der Waals surface area contributed by atoms with Gasteiger partial charge < -0.3 is 14.7 Å². The van der Waals surface area contributed by atoms with Gasteiger partial charge in [-0.1, -0.05) is 13.8 Å². The van der Waals surface area contributed by atoms with Crippen LogP contribution in [0.25, 0.3) is 0 Å². The lowest BCUT2D eigenvalue weighted by molar-refractivity contribution is -0.0121. The summed E-state index contributed by atoms with van der Waals surface area (Å²) in [6.45, 7) is 19.6. The number of nitrogens with zero attached hydrogens (tertiary/aromatic N) is 7. The first-order valence-corrected chi connectivity index (χ1v) is 12.6. The summed E-state index contributed by atoms with van der Waals surface area (Å²) in [5, 5.41) is 0. The monoisotopic (exact) mass is 459 g/mol. The molecule has 7 nitrogen and oxygen atoms in total. The Labute approximate surface area is 203 Å². The number of rotatable bonds is 4. The fourth-order valence-corrected chi connectivity index (χ4v) is 6.17. The molecule has 33 heavy (non-hydrogen) atoms. The van der Waals surface area contributed by atoms with Crippen LogP contribution in [-0.4, -0.2) is 88.7 Å². The largest absolute Gasteiger partial charge is 0.341 e. The highest BCUT2D eigenvalue weighted by Gasteiger charge is 2.44. The Morgan fingerprint density at radius 2 is 1.27 bits per heavy atom. The SMILES string of the molecule is Cc1nc(N(C)C2CC(C)N(C)CC(C)(C)C2)nc(N(C)C2CC(C)(C)N(C)C(C)(C)C2)n1. The zero-order valence-corrected chi connectivity index (χ0v) is 23.4. The summed E-state index contributed by atoms with van der Waals surface area (Å²) in [5.41, 5.74) is 0.498. The minimum Gasteiger partial charge on any atom is -0.341 e. The lowest BCUT2D eigenvalue weighted by Gasteiger charge is -2.55. The maximum absolute atomic E-state index is 5.02. The molecule has 0 amide bonds. The molecule has 3 heterocycles. The molecule has 0 aliphatic carbocycles. The Kier molecular flexibility index (Phi) is 7.09. The molecule has 188 valence electrons. The van der Waals surface area contributed by atoms with E-state index >= 15 is 0 Å². The van der Waals surface area contributed by atoms with Gasteiger partial charge in [0.15, 0.2) is 0 Å². The summed E-state index contributed by atoms with van der Waals surface area (Å²) in [7, 11) is 8.83. The first kappa shape index (κ1) is 26.1. The van der Waals surface area contributed by atoms with E-state index < -0.39 is 0 Å². The zero-order valence-electron chi connectivity index (χ0n) is 23.4. The average molecular weight is 460 g/mol. The highest BCUT2D eigenvalue weighted by Crippen LogP contribution is 2.39. The van der Waals surface area contributed by atoms with E-state index in [1.165, 1.54) is 0 Å². The normalized spacial score (nSPS) is 28.4. The minimum atomic E-state index is 0.121. The molecule has 0 bridgehead atoms. The third-order valence-corrected chi connectivity index (χ3v) is 8.57. The van der Waals surface area contributed by atoms with Crippen LogP contribution >= 0.6 is 0 Å². The van der Waals surface area contributed by atoms with Crippen molar-refractivity contribution in [2.75, 3.05) is 44.5 Å². The number of hydrogen-bond acceptors (Lipinski definition) is 7. The molecule has 7 heteroatoms. The summed E-state index contributed by atoms with van der Waals surface area (Å²) >= 11 is 0. The number of hydrogen-bond donors (Lipinski definition) is 0. The second-order valence-electron chi connectivity index (χ2n) is 13.0. The fraction of sp³-hybridized carbons (Fsp3) is 0.885. The summed E-state index contributed by atoms with van der Waals surface area (Å²) < 4.78 is 0. The van der Waals surface area contributed by atoms with Crippen LogP contribution in [0.5, 0.6) is 0 Å². The summed E-state index contributed by atoms with van der Waals surface area (Å²) in [6, 6.07) is 1.32. The van der Waals surface area contributed by atoms with Gasteiger partial charge >= 0.3 is 0 Å². The Bertz CT molecular complexity index is 787. The smallest absolute Gasteiger partial charge is 0.230 e. The van der Waals surface area contributed by atoms with E-state index in [4.69, 9.17) is 15.0 Å². The molecule has 0 N–H and O–H groups in total. The number of piperidine rings is 1. The van der Waals surface area contributed by atoms with Crippen molar-refractivity contribution in [3.05, 3.63) is 5.82 Å². The second kappa shape index (κ2) is 8.95. The van der Waals surface area contributed by atoms with Crippen LogP contribution in [0.4, 0.5) is 11.9 Å². The summed E-state index contributed by atoms with van der Waals surface area (Å²) in [4.78, 5) is 24.2. The predicted molar refractivity (Wildman–Crippen MR) is 139 cm³/mol. The lowest BCUT2D eigenvalue weighted by Crippen LogP contribution is -2.62. The van der Waals surface area contributed by atoms with E-state index in [0.29, 0.717) is 18.1 Å². The highest BCUT2D eigenvalue weighted by atomic mass is 15.4. The fourth-order valence-electron chi connectivity index (χ4n) is 6.17. The van der Waals surface area contributed by atoms with E-state index in [9.17, 15) is 0 Å². The van der Waals surface area contributed by atoms with Gasteiger partial charge in [-0.15, -0.1) is 0 Å². The van der Waals surface area contributed by atoms with Crippen LogP contribution in [0.2, 0.25) is 0 Å². The molecule has 2 saturated heterocycles. The highest BCUT2D eigenvalue weighted by molar-refractivity contribution is 5.40. The maximum Gasteiger partial charge on any atom is 0.230 e. The maximum atomic E-state index is 5.02. The van der Waals surface area contributed by atoms with Crippen LogP contribution in [0.15, 0.2) is 0 Å². The third kappa shape index (κ3) is 5.61. The van der Waals surface area contributed by atoms with Gasteiger partial charge in [-0.05, 0) is 86.7 Å². The van der Waals surface area contributed by atoms with Crippen molar-refractivity contribution in [1.29, 1.82) is 0 Å². The minimum absolute atomic E-state index is 0.121. The van der Waals surface area contributed by atoms with Crippen molar-refractivity contribution in [2.24, 2.45) is 5.41 Å². The number of anilines is 2. The van der Waals surface area contributed by atoms with E-state index in [-0.39, 0.29) is 16.5 Å². The van der Waals surface area contributed by atoms with Crippen LogP contribution in [0.3, 0.4) is 0 Å². The topological polar surface area (TPSA) is 51.6 Å². The van der Waals surface area contributed by atoms with Gasteiger partial charge in [-0.3, -0.25) is 4.90 Å². The van der Waals surface area contributed by atoms with E-state index in [2.05, 4.69) is 96.3 Å². The van der Waals surface area contributed by atoms with Gasteiger partial charge in [0.05, 0.1) is 0 Å². The molecule has 2 aliphatic heterocycles. The molecule has 3 rings (SSSR count). The first-order chi connectivity index (χ1) is 15.0. The zero-order chi connectivity index (χ0) is 24.9. The molecule has 0 radical (unpaired) electrons. The van der Waals surface area contributed by atoms with Gasteiger partial charge in [-0.2, -0.15) is 15.0 Å². The molecular formula is C26H49N7. The summed E-state index contributed by atoms with van der Waals surface area (Å²) in [6.07, 6.45) is 4.41. The number of aryl methyl sites for hydroxylation is 1. The molecule has 2 unspecified atom stereocenters. The second-order valence-corrected chi connectivity index (χ2v) is 13.0. The van der Waals surface area contributed by atoms with Crippen LogP contribution in [0, 0.1) is 12.3 Å². The molecule has 0 spiro atoms. The first-order valence-electron chi connectivity index (χ1n) is 12.6. The number of aromatic nitrogens is 3. The molecule has 0 saturated carbocycles. The molecular weight excluding hydrogens is 410 g/mol. The molecule has 2 fully saturated rings. The number of likely N-dealkylation sites (tertiary alicyclic amines) is 2.